The first-order chi connectivity index (χ1) is 12.1. The summed E-state index contributed by atoms with van der Waals surface area (Å²) in [6.45, 7) is 7.39. The van der Waals surface area contributed by atoms with Crippen LogP contribution < -0.4 is 14.2 Å². The molecular formula is C18H25NO6. The molecule has 138 valence electrons. The number of amides is 1. The van der Waals surface area contributed by atoms with Gasteiger partial charge in [-0.25, -0.2) is 4.79 Å². The summed E-state index contributed by atoms with van der Waals surface area (Å²) in [6, 6.07) is 2.73. The largest absolute Gasteiger partial charge is 0.490 e. The second-order valence-corrected chi connectivity index (χ2v) is 5.43. The number of ether oxygens (including phenoxy) is 4. The SMILES string of the molecule is CCOc1cc(C(=O)N2CCC2C(=O)OC)cc(OCC)c1OCC. The van der Waals surface area contributed by atoms with Gasteiger partial charge in [-0.15, -0.1) is 0 Å². The summed E-state index contributed by atoms with van der Waals surface area (Å²) in [6.07, 6.45) is 0.603. The average molecular weight is 351 g/mol. The molecule has 0 aliphatic carbocycles. The summed E-state index contributed by atoms with van der Waals surface area (Å²) in [5.74, 6) is 0.727. The van der Waals surface area contributed by atoms with E-state index in [1.54, 1.807) is 12.1 Å². The number of carbonyl (C=O) groups excluding carboxylic acids is 2. The second kappa shape index (κ2) is 8.60. The lowest BCUT2D eigenvalue weighted by molar-refractivity contribution is -0.149. The maximum absolute atomic E-state index is 12.8. The molecule has 1 aromatic rings. The fraction of sp³-hybridized carbons (Fsp3) is 0.556. The molecule has 1 amide bonds. The topological polar surface area (TPSA) is 74.3 Å². The van der Waals surface area contributed by atoms with Gasteiger partial charge in [-0.1, -0.05) is 0 Å². The number of rotatable bonds is 8. The third-order valence-corrected chi connectivity index (χ3v) is 3.91. The first kappa shape index (κ1) is 18.9. The highest BCUT2D eigenvalue weighted by Gasteiger charge is 2.39. The maximum Gasteiger partial charge on any atom is 0.328 e. The third kappa shape index (κ3) is 3.97. The highest BCUT2D eigenvalue weighted by atomic mass is 16.5. The van der Waals surface area contributed by atoms with Gasteiger partial charge in [0.25, 0.3) is 5.91 Å². The summed E-state index contributed by atoms with van der Waals surface area (Å²) in [5.41, 5.74) is 0.393. The molecule has 0 spiro atoms. The van der Waals surface area contributed by atoms with Crippen molar-refractivity contribution in [3.8, 4) is 17.2 Å². The van der Waals surface area contributed by atoms with Gasteiger partial charge in [-0.05, 0) is 39.3 Å². The van der Waals surface area contributed by atoms with E-state index < -0.39 is 12.0 Å². The van der Waals surface area contributed by atoms with Crippen LogP contribution in [-0.4, -0.2) is 56.3 Å². The number of nitrogens with zero attached hydrogens (tertiary/aromatic N) is 1. The standard InChI is InChI=1S/C18H25NO6/c1-5-23-14-10-12(11-15(24-6-2)16(14)25-7-3)17(20)19-9-8-13(19)18(21)22-4/h10-11,13H,5-9H2,1-4H3. The van der Waals surface area contributed by atoms with Crippen molar-refractivity contribution in [2.75, 3.05) is 33.5 Å². The minimum Gasteiger partial charge on any atom is -0.490 e. The van der Waals surface area contributed by atoms with Crippen LogP contribution in [0.15, 0.2) is 12.1 Å². The Hall–Kier alpha value is -2.44. The lowest BCUT2D eigenvalue weighted by Gasteiger charge is -2.38. The lowest BCUT2D eigenvalue weighted by Crippen LogP contribution is -2.55. The monoisotopic (exact) mass is 351 g/mol. The first-order valence-electron chi connectivity index (χ1n) is 8.52. The molecule has 1 aliphatic heterocycles. The van der Waals surface area contributed by atoms with Crippen LogP contribution in [0, 0.1) is 0 Å². The van der Waals surface area contributed by atoms with E-state index in [1.165, 1.54) is 12.0 Å². The number of hydrogen-bond acceptors (Lipinski definition) is 6. The Morgan fingerprint density at radius 1 is 1.04 bits per heavy atom. The van der Waals surface area contributed by atoms with Crippen molar-refractivity contribution in [1.29, 1.82) is 0 Å². The molecule has 2 rings (SSSR count). The van der Waals surface area contributed by atoms with E-state index in [1.807, 2.05) is 20.8 Å². The zero-order chi connectivity index (χ0) is 18.4. The van der Waals surface area contributed by atoms with Crippen LogP contribution in [0.1, 0.15) is 37.6 Å². The Labute approximate surface area is 147 Å². The van der Waals surface area contributed by atoms with Crippen LogP contribution in [0.2, 0.25) is 0 Å². The summed E-state index contributed by atoms with van der Waals surface area (Å²) >= 11 is 0. The van der Waals surface area contributed by atoms with Gasteiger partial charge in [-0.3, -0.25) is 4.79 Å². The van der Waals surface area contributed by atoms with Crippen LogP contribution in [0.5, 0.6) is 17.2 Å². The van der Waals surface area contributed by atoms with E-state index in [2.05, 4.69) is 0 Å². The fourth-order valence-electron chi connectivity index (χ4n) is 2.69. The Balaban J connectivity index is 2.36. The minimum atomic E-state index is -0.532. The van der Waals surface area contributed by atoms with Gasteiger partial charge >= 0.3 is 5.97 Å². The van der Waals surface area contributed by atoms with E-state index in [4.69, 9.17) is 18.9 Å². The van der Waals surface area contributed by atoms with Gasteiger partial charge in [0, 0.05) is 12.1 Å². The van der Waals surface area contributed by atoms with Gasteiger partial charge in [-0.2, -0.15) is 0 Å². The Morgan fingerprint density at radius 2 is 1.60 bits per heavy atom. The summed E-state index contributed by atoms with van der Waals surface area (Å²) in [5, 5.41) is 0. The molecule has 7 nitrogen and oxygen atoms in total. The Morgan fingerprint density at radius 3 is 2.00 bits per heavy atom. The fourth-order valence-corrected chi connectivity index (χ4v) is 2.69. The molecular weight excluding hydrogens is 326 g/mol. The number of carbonyl (C=O) groups is 2. The summed E-state index contributed by atoms with van der Waals surface area (Å²) in [7, 11) is 1.32. The predicted octanol–water partition coefficient (Wildman–Crippen LogP) is 2.27. The quantitative estimate of drug-likeness (QED) is 0.669. The highest BCUT2D eigenvalue weighted by Crippen LogP contribution is 2.40. The number of hydrogen-bond donors (Lipinski definition) is 0. The molecule has 1 aliphatic rings. The minimum absolute atomic E-state index is 0.258. The molecule has 1 saturated heterocycles. The van der Waals surface area contributed by atoms with E-state index >= 15 is 0 Å². The molecule has 25 heavy (non-hydrogen) atoms. The van der Waals surface area contributed by atoms with Crippen LogP contribution in [-0.2, 0) is 9.53 Å². The van der Waals surface area contributed by atoms with E-state index in [0.29, 0.717) is 55.6 Å². The van der Waals surface area contributed by atoms with E-state index in [-0.39, 0.29) is 5.91 Å². The number of likely N-dealkylation sites (tertiary alicyclic amines) is 1. The van der Waals surface area contributed by atoms with Crippen molar-refractivity contribution in [3.63, 3.8) is 0 Å². The number of methoxy groups -OCH3 is 1. The molecule has 1 aromatic carbocycles. The molecule has 1 unspecified atom stereocenters. The van der Waals surface area contributed by atoms with E-state index in [9.17, 15) is 9.59 Å². The van der Waals surface area contributed by atoms with Gasteiger partial charge in [0.05, 0.1) is 26.9 Å². The number of esters is 1. The molecule has 0 radical (unpaired) electrons. The molecule has 0 saturated carbocycles. The van der Waals surface area contributed by atoms with Crippen LogP contribution in [0.4, 0.5) is 0 Å². The highest BCUT2D eigenvalue weighted by molar-refractivity contribution is 5.99. The predicted molar refractivity (Wildman–Crippen MR) is 91.4 cm³/mol. The summed E-state index contributed by atoms with van der Waals surface area (Å²) in [4.78, 5) is 26.0. The van der Waals surface area contributed by atoms with Crippen molar-refractivity contribution >= 4 is 11.9 Å². The van der Waals surface area contributed by atoms with Gasteiger partial charge in [0.15, 0.2) is 11.5 Å². The van der Waals surface area contributed by atoms with Gasteiger partial charge in [0.2, 0.25) is 5.75 Å². The smallest absolute Gasteiger partial charge is 0.328 e. The molecule has 0 N–H and O–H groups in total. The Kier molecular flexibility index (Phi) is 6.50. The second-order valence-electron chi connectivity index (χ2n) is 5.43. The Bertz CT molecular complexity index is 603. The zero-order valence-corrected chi connectivity index (χ0v) is 15.2. The molecule has 7 heteroatoms. The maximum atomic E-state index is 12.8. The van der Waals surface area contributed by atoms with Crippen molar-refractivity contribution in [1.82, 2.24) is 4.90 Å². The molecule has 0 aromatic heterocycles. The van der Waals surface area contributed by atoms with Crippen molar-refractivity contribution in [3.05, 3.63) is 17.7 Å². The van der Waals surface area contributed by atoms with Crippen LogP contribution in [0.3, 0.4) is 0 Å². The van der Waals surface area contributed by atoms with Gasteiger partial charge < -0.3 is 23.8 Å². The summed E-state index contributed by atoms with van der Waals surface area (Å²) < 4.78 is 21.6. The van der Waals surface area contributed by atoms with Crippen molar-refractivity contribution in [2.24, 2.45) is 0 Å². The van der Waals surface area contributed by atoms with Crippen molar-refractivity contribution in [2.45, 2.75) is 33.2 Å². The molecule has 1 fully saturated rings. The molecule has 1 heterocycles. The molecule has 1 atom stereocenters. The first-order valence-corrected chi connectivity index (χ1v) is 8.52. The third-order valence-electron chi connectivity index (χ3n) is 3.91. The zero-order valence-electron chi connectivity index (χ0n) is 15.2. The van der Waals surface area contributed by atoms with Gasteiger partial charge in [0.1, 0.15) is 6.04 Å². The molecule has 0 bridgehead atoms. The average Bonchev–Trinajstić information content (AvgIpc) is 2.56. The number of benzene rings is 1. The normalized spacial score (nSPS) is 16.0. The van der Waals surface area contributed by atoms with Crippen LogP contribution >= 0.6 is 0 Å². The lowest BCUT2D eigenvalue weighted by atomic mass is 10.0. The van der Waals surface area contributed by atoms with E-state index in [0.717, 1.165) is 0 Å². The van der Waals surface area contributed by atoms with Crippen molar-refractivity contribution < 1.29 is 28.5 Å². The van der Waals surface area contributed by atoms with Crippen LogP contribution in [0.25, 0.3) is 0 Å².